The molecule has 2 aliphatic rings. The first kappa shape index (κ1) is 16.7. The molecule has 5 nitrogen and oxygen atoms in total. The molecule has 126 valence electrons. The van der Waals surface area contributed by atoms with E-state index in [1.54, 1.807) is 6.07 Å². The summed E-state index contributed by atoms with van der Waals surface area (Å²) in [4.78, 5) is 38.1. The van der Waals surface area contributed by atoms with Crippen molar-refractivity contribution in [3.63, 3.8) is 0 Å². The van der Waals surface area contributed by atoms with Crippen molar-refractivity contribution in [2.45, 2.75) is 25.8 Å². The SMILES string of the molecule is CC(NC(=O)CN1C(=O)C2CC=CCC2C1=O)c1ccccc1Cl. The molecule has 1 aliphatic heterocycles. The quantitative estimate of drug-likeness (QED) is 0.672. The Balaban J connectivity index is 1.64. The van der Waals surface area contributed by atoms with E-state index < -0.39 is 0 Å². The number of hydrogen-bond donors (Lipinski definition) is 1. The number of hydrogen-bond acceptors (Lipinski definition) is 3. The zero-order valence-electron chi connectivity index (χ0n) is 13.4. The van der Waals surface area contributed by atoms with Gasteiger partial charge in [0.15, 0.2) is 0 Å². The third kappa shape index (κ3) is 3.08. The zero-order chi connectivity index (χ0) is 17.3. The fraction of sp³-hybridized carbons (Fsp3) is 0.389. The molecule has 3 rings (SSSR count). The lowest BCUT2D eigenvalue weighted by atomic mass is 9.85. The Morgan fingerprint density at radius 2 is 1.79 bits per heavy atom. The molecule has 1 fully saturated rings. The average molecular weight is 347 g/mol. The van der Waals surface area contributed by atoms with E-state index in [9.17, 15) is 14.4 Å². The van der Waals surface area contributed by atoms with E-state index in [-0.39, 0.29) is 42.1 Å². The van der Waals surface area contributed by atoms with Crippen LogP contribution < -0.4 is 5.32 Å². The molecule has 0 radical (unpaired) electrons. The normalized spacial score (nSPS) is 24.0. The van der Waals surface area contributed by atoms with Gasteiger partial charge in [0.1, 0.15) is 6.54 Å². The van der Waals surface area contributed by atoms with Crippen LogP contribution in [0.4, 0.5) is 0 Å². The van der Waals surface area contributed by atoms with Crippen LogP contribution in [0.15, 0.2) is 36.4 Å². The Morgan fingerprint density at radius 1 is 1.21 bits per heavy atom. The second-order valence-corrected chi connectivity index (χ2v) is 6.64. The van der Waals surface area contributed by atoms with Gasteiger partial charge >= 0.3 is 0 Å². The van der Waals surface area contributed by atoms with Crippen LogP contribution in [0.3, 0.4) is 0 Å². The molecule has 1 aliphatic carbocycles. The predicted octanol–water partition coefficient (Wildman–Crippen LogP) is 2.47. The minimum absolute atomic E-state index is 0.237. The fourth-order valence-corrected chi connectivity index (χ4v) is 3.66. The van der Waals surface area contributed by atoms with Crippen molar-refractivity contribution in [1.82, 2.24) is 10.2 Å². The third-order valence-corrected chi connectivity index (χ3v) is 4.99. The molecule has 0 saturated carbocycles. The van der Waals surface area contributed by atoms with Gasteiger partial charge in [0.2, 0.25) is 17.7 Å². The lowest BCUT2D eigenvalue weighted by Gasteiger charge is -2.19. The first-order valence-corrected chi connectivity index (χ1v) is 8.41. The topological polar surface area (TPSA) is 66.5 Å². The standard InChI is InChI=1S/C18H19ClN2O3/c1-11(12-6-4-5-9-15(12)19)20-16(22)10-21-17(23)13-7-2-3-8-14(13)18(21)24/h2-6,9,11,13-14H,7-8,10H2,1H3,(H,20,22). The maximum absolute atomic E-state index is 12.4. The second kappa shape index (κ2) is 6.77. The lowest BCUT2D eigenvalue weighted by Crippen LogP contribution is -2.41. The van der Waals surface area contributed by atoms with Gasteiger partial charge in [-0.05, 0) is 31.4 Å². The monoisotopic (exact) mass is 346 g/mol. The molecule has 3 atom stereocenters. The molecule has 3 unspecified atom stereocenters. The number of nitrogens with one attached hydrogen (secondary N) is 1. The van der Waals surface area contributed by atoms with Gasteiger partial charge in [-0.25, -0.2) is 0 Å². The summed E-state index contributed by atoms with van der Waals surface area (Å²) in [5, 5.41) is 3.37. The number of carbonyl (C=O) groups excluding carboxylic acids is 3. The molecule has 1 heterocycles. The first-order chi connectivity index (χ1) is 11.5. The predicted molar refractivity (Wildman–Crippen MR) is 90.1 cm³/mol. The number of amides is 3. The van der Waals surface area contributed by atoms with Crippen LogP contribution in [0.25, 0.3) is 0 Å². The molecule has 6 heteroatoms. The number of likely N-dealkylation sites (tertiary alicyclic amines) is 1. The number of benzene rings is 1. The molecule has 3 amide bonds. The van der Waals surface area contributed by atoms with Crippen LogP contribution >= 0.6 is 11.6 Å². The largest absolute Gasteiger partial charge is 0.348 e. The summed E-state index contributed by atoms with van der Waals surface area (Å²) in [7, 11) is 0. The van der Waals surface area contributed by atoms with Crippen LogP contribution in [0, 0.1) is 11.8 Å². The first-order valence-electron chi connectivity index (χ1n) is 8.03. The highest BCUT2D eigenvalue weighted by atomic mass is 35.5. The van der Waals surface area contributed by atoms with Gasteiger partial charge in [-0.1, -0.05) is 42.0 Å². The number of allylic oxidation sites excluding steroid dienone is 2. The fourth-order valence-electron chi connectivity index (χ4n) is 3.36. The van der Waals surface area contributed by atoms with E-state index in [2.05, 4.69) is 5.32 Å². The van der Waals surface area contributed by atoms with Crippen molar-refractivity contribution in [2.24, 2.45) is 11.8 Å². The summed E-state index contributed by atoms with van der Waals surface area (Å²) in [5.41, 5.74) is 0.796. The molecule has 1 aromatic carbocycles. The average Bonchev–Trinajstić information content (AvgIpc) is 2.80. The summed E-state index contributed by atoms with van der Waals surface area (Å²) >= 11 is 6.13. The number of rotatable bonds is 4. The molecule has 24 heavy (non-hydrogen) atoms. The molecular formula is C18H19ClN2O3. The van der Waals surface area contributed by atoms with Gasteiger partial charge in [-0.3, -0.25) is 19.3 Å². The molecule has 1 saturated heterocycles. The van der Waals surface area contributed by atoms with Crippen LogP contribution in [-0.4, -0.2) is 29.2 Å². The van der Waals surface area contributed by atoms with E-state index in [1.165, 1.54) is 0 Å². The van der Waals surface area contributed by atoms with Gasteiger partial charge < -0.3 is 5.32 Å². The van der Waals surface area contributed by atoms with Crippen LogP contribution in [0.5, 0.6) is 0 Å². The summed E-state index contributed by atoms with van der Waals surface area (Å²) in [5.74, 6) is -1.46. The van der Waals surface area contributed by atoms with Crippen molar-refractivity contribution >= 4 is 29.3 Å². The number of halogens is 1. The minimum Gasteiger partial charge on any atom is -0.348 e. The number of imide groups is 1. The third-order valence-electron chi connectivity index (χ3n) is 4.65. The van der Waals surface area contributed by atoms with Crippen molar-refractivity contribution in [3.8, 4) is 0 Å². The van der Waals surface area contributed by atoms with Crippen LogP contribution in [0.2, 0.25) is 5.02 Å². The number of carbonyl (C=O) groups is 3. The highest BCUT2D eigenvalue weighted by molar-refractivity contribution is 6.31. The zero-order valence-corrected chi connectivity index (χ0v) is 14.1. The van der Waals surface area contributed by atoms with Gasteiger partial charge in [-0.2, -0.15) is 0 Å². The van der Waals surface area contributed by atoms with E-state index >= 15 is 0 Å². The summed E-state index contributed by atoms with van der Waals surface area (Å²) in [6.45, 7) is 1.58. The van der Waals surface area contributed by atoms with E-state index in [4.69, 9.17) is 11.6 Å². The van der Waals surface area contributed by atoms with Gasteiger partial charge in [0, 0.05) is 5.02 Å². The highest BCUT2D eigenvalue weighted by Gasteiger charge is 2.47. The second-order valence-electron chi connectivity index (χ2n) is 6.23. The Kier molecular flexibility index (Phi) is 4.71. The summed E-state index contributed by atoms with van der Waals surface area (Å²) < 4.78 is 0. The maximum atomic E-state index is 12.4. The summed E-state index contributed by atoms with van der Waals surface area (Å²) in [6, 6.07) is 6.94. The Labute approximate surface area is 145 Å². The van der Waals surface area contributed by atoms with Crippen molar-refractivity contribution < 1.29 is 14.4 Å². The summed E-state index contributed by atoms with van der Waals surface area (Å²) in [6.07, 6.45) is 5.00. The maximum Gasteiger partial charge on any atom is 0.240 e. The molecule has 1 N–H and O–H groups in total. The van der Waals surface area contributed by atoms with Crippen molar-refractivity contribution in [1.29, 1.82) is 0 Å². The molecule has 1 aromatic rings. The Hall–Kier alpha value is -2.14. The van der Waals surface area contributed by atoms with Crippen LogP contribution in [-0.2, 0) is 14.4 Å². The molecule has 0 aromatic heterocycles. The van der Waals surface area contributed by atoms with Gasteiger partial charge in [-0.15, -0.1) is 0 Å². The van der Waals surface area contributed by atoms with Gasteiger partial charge in [0.25, 0.3) is 0 Å². The number of fused-ring (bicyclic) bond motifs is 1. The van der Waals surface area contributed by atoms with Crippen molar-refractivity contribution in [3.05, 3.63) is 47.0 Å². The molecule has 0 spiro atoms. The van der Waals surface area contributed by atoms with E-state index in [0.717, 1.165) is 10.5 Å². The Bertz CT molecular complexity index is 690. The molecule has 0 bridgehead atoms. The highest BCUT2D eigenvalue weighted by Crippen LogP contribution is 2.34. The molecular weight excluding hydrogens is 328 g/mol. The van der Waals surface area contributed by atoms with E-state index in [1.807, 2.05) is 37.3 Å². The number of nitrogens with zero attached hydrogens (tertiary/aromatic N) is 1. The van der Waals surface area contributed by atoms with Gasteiger partial charge in [0.05, 0.1) is 17.9 Å². The van der Waals surface area contributed by atoms with E-state index in [0.29, 0.717) is 17.9 Å². The van der Waals surface area contributed by atoms with Crippen molar-refractivity contribution in [2.75, 3.05) is 6.54 Å². The smallest absolute Gasteiger partial charge is 0.240 e. The van der Waals surface area contributed by atoms with Crippen LogP contribution in [0.1, 0.15) is 31.4 Å². The minimum atomic E-state index is -0.365. The lowest BCUT2D eigenvalue weighted by molar-refractivity contribution is -0.143. The Morgan fingerprint density at radius 3 is 2.38 bits per heavy atom.